The molecule has 0 amide bonds. The van der Waals surface area contributed by atoms with Crippen LogP contribution in [0, 0.1) is 0 Å². The van der Waals surface area contributed by atoms with Crippen molar-refractivity contribution < 1.29 is 4.74 Å². The molecule has 2 N–H and O–H groups in total. The van der Waals surface area contributed by atoms with Gasteiger partial charge >= 0.3 is 0 Å². The van der Waals surface area contributed by atoms with Gasteiger partial charge in [-0.3, -0.25) is 4.98 Å². The molecule has 0 bridgehead atoms. The molecule has 0 aromatic carbocycles. The van der Waals surface area contributed by atoms with E-state index in [4.69, 9.17) is 10.5 Å². The first-order valence-corrected chi connectivity index (χ1v) is 5.81. The van der Waals surface area contributed by atoms with Crippen LogP contribution >= 0.6 is 0 Å². The van der Waals surface area contributed by atoms with Crippen LogP contribution in [-0.4, -0.2) is 17.6 Å². The Morgan fingerprint density at radius 1 is 1.50 bits per heavy atom. The Balaban J connectivity index is 1.83. The molecular formula is C13H18N2O. The van der Waals surface area contributed by atoms with E-state index in [1.165, 1.54) is 11.1 Å². The molecule has 1 unspecified atom stereocenters. The summed E-state index contributed by atoms with van der Waals surface area (Å²) in [5.41, 5.74) is 8.62. The zero-order valence-electron chi connectivity index (χ0n) is 9.43. The molecule has 1 aliphatic heterocycles. The van der Waals surface area contributed by atoms with Crippen molar-refractivity contribution in [1.29, 1.82) is 0 Å². The van der Waals surface area contributed by atoms with Crippen LogP contribution in [0.5, 0.6) is 0 Å². The first-order valence-electron chi connectivity index (χ1n) is 5.81. The molecule has 1 aromatic rings. The summed E-state index contributed by atoms with van der Waals surface area (Å²) < 4.78 is 5.30. The molecule has 0 saturated carbocycles. The lowest BCUT2D eigenvalue weighted by Gasteiger charge is -2.19. The lowest BCUT2D eigenvalue weighted by atomic mass is 9.97. The van der Waals surface area contributed by atoms with Crippen molar-refractivity contribution in [2.24, 2.45) is 5.73 Å². The molecule has 16 heavy (non-hydrogen) atoms. The van der Waals surface area contributed by atoms with Crippen LogP contribution in [0.1, 0.15) is 24.8 Å². The number of aromatic nitrogens is 1. The summed E-state index contributed by atoms with van der Waals surface area (Å²) in [6.07, 6.45) is 9.64. The van der Waals surface area contributed by atoms with Crippen LogP contribution < -0.4 is 5.73 Å². The van der Waals surface area contributed by atoms with E-state index in [9.17, 15) is 0 Å². The third-order valence-corrected chi connectivity index (χ3v) is 2.91. The van der Waals surface area contributed by atoms with E-state index >= 15 is 0 Å². The van der Waals surface area contributed by atoms with Crippen LogP contribution in [0.4, 0.5) is 0 Å². The lowest BCUT2D eigenvalue weighted by molar-refractivity contribution is 0.221. The van der Waals surface area contributed by atoms with Crippen molar-refractivity contribution in [3.8, 4) is 0 Å². The van der Waals surface area contributed by atoms with Crippen LogP contribution in [-0.2, 0) is 11.2 Å². The highest BCUT2D eigenvalue weighted by atomic mass is 16.5. The van der Waals surface area contributed by atoms with Crippen LogP contribution in [0.2, 0.25) is 0 Å². The summed E-state index contributed by atoms with van der Waals surface area (Å²) in [4.78, 5) is 4.10. The van der Waals surface area contributed by atoms with E-state index in [2.05, 4.69) is 11.1 Å². The standard InChI is InChI=1S/C13H18N2O/c14-13(12-4-2-8-16-10-12)6-5-11-3-1-7-15-9-11/h1,3,7,9-10,13H,2,4-6,8,14H2. The monoisotopic (exact) mass is 218 g/mol. The highest BCUT2D eigenvalue weighted by Crippen LogP contribution is 2.17. The van der Waals surface area contributed by atoms with Gasteiger partial charge in [-0.25, -0.2) is 0 Å². The minimum atomic E-state index is 0.125. The van der Waals surface area contributed by atoms with E-state index < -0.39 is 0 Å². The Hall–Kier alpha value is -1.35. The molecule has 0 fully saturated rings. The molecule has 3 heteroatoms. The first-order chi connectivity index (χ1) is 7.86. The summed E-state index contributed by atoms with van der Waals surface area (Å²) >= 11 is 0. The largest absolute Gasteiger partial charge is 0.501 e. The predicted octanol–water partition coefficient (Wildman–Crippen LogP) is 2.04. The highest BCUT2D eigenvalue weighted by molar-refractivity contribution is 5.13. The van der Waals surface area contributed by atoms with Crippen LogP contribution in [0.3, 0.4) is 0 Å². The number of ether oxygens (including phenoxy) is 1. The fourth-order valence-corrected chi connectivity index (χ4v) is 1.91. The Morgan fingerprint density at radius 3 is 3.12 bits per heavy atom. The van der Waals surface area contributed by atoms with E-state index in [1.807, 2.05) is 18.5 Å². The van der Waals surface area contributed by atoms with E-state index in [1.54, 1.807) is 6.20 Å². The Labute approximate surface area is 96.3 Å². The third kappa shape index (κ3) is 3.07. The minimum absolute atomic E-state index is 0.125. The van der Waals surface area contributed by atoms with Crippen molar-refractivity contribution in [3.63, 3.8) is 0 Å². The summed E-state index contributed by atoms with van der Waals surface area (Å²) in [6.45, 7) is 0.832. The molecule has 2 rings (SSSR count). The van der Waals surface area contributed by atoms with Gasteiger partial charge < -0.3 is 10.5 Å². The topological polar surface area (TPSA) is 48.1 Å². The predicted molar refractivity (Wildman–Crippen MR) is 63.8 cm³/mol. The summed E-state index contributed by atoms with van der Waals surface area (Å²) in [6, 6.07) is 4.18. The average molecular weight is 218 g/mol. The maximum absolute atomic E-state index is 6.13. The van der Waals surface area contributed by atoms with Crippen molar-refractivity contribution in [2.75, 3.05) is 6.61 Å². The Morgan fingerprint density at radius 2 is 2.44 bits per heavy atom. The first kappa shape index (κ1) is 11.1. The van der Waals surface area contributed by atoms with E-state index in [0.29, 0.717) is 0 Å². The maximum atomic E-state index is 6.13. The van der Waals surface area contributed by atoms with Gasteiger partial charge in [-0.05, 0) is 42.9 Å². The smallest absolute Gasteiger partial charge is 0.0876 e. The summed E-state index contributed by atoms with van der Waals surface area (Å²) in [7, 11) is 0. The highest BCUT2D eigenvalue weighted by Gasteiger charge is 2.12. The molecule has 0 spiro atoms. The SMILES string of the molecule is NC(CCc1cccnc1)C1=COCCC1. The Kier molecular flexibility index (Phi) is 3.94. The second kappa shape index (κ2) is 5.66. The molecule has 2 heterocycles. The van der Waals surface area contributed by atoms with Gasteiger partial charge in [0.25, 0.3) is 0 Å². The zero-order chi connectivity index (χ0) is 11.2. The summed E-state index contributed by atoms with van der Waals surface area (Å²) in [5, 5.41) is 0. The molecule has 1 aromatic heterocycles. The molecule has 86 valence electrons. The quantitative estimate of drug-likeness (QED) is 0.841. The molecule has 1 atom stereocenters. The number of nitrogens with zero attached hydrogens (tertiary/aromatic N) is 1. The second-order valence-electron chi connectivity index (χ2n) is 4.17. The summed E-state index contributed by atoms with van der Waals surface area (Å²) in [5.74, 6) is 0. The lowest BCUT2D eigenvalue weighted by Crippen LogP contribution is -2.25. The number of pyridine rings is 1. The third-order valence-electron chi connectivity index (χ3n) is 2.91. The van der Waals surface area contributed by atoms with Gasteiger partial charge in [0, 0.05) is 18.4 Å². The van der Waals surface area contributed by atoms with Gasteiger partial charge in [0.1, 0.15) is 0 Å². The molecule has 3 nitrogen and oxygen atoms in total. The fraction of sp³-hybridized carbons (Fsp3) is 0.462. The fourth-order valence-electron chi connectivity index (χ4n) is 1.91. The molecule has 0 aliphatic carbocycles. The van der Waals surface area contributed by atoms with Crippen molar-refractivity contribution >= 4 is 0 Å². The number of rotatable bonds is 4. The average Bonchev–Trinajstić information content (AvgIpc) is 2.38. The second-order valence-corrected chi connectivity index (χ2v) is 4.17. The normalized spacial score (nSPS) is 17.4. The number of aryl methyl sites for hydroxylation is 1. The van der Waals surface area contributed by atoms with Gasteiger partial charge in [0.05, 0.1) is 12.9 Å². The van der Waals surface area contributed by atoms with Crippen LogP contribution in [0.15, 0.2) is 36.4 Å². The van der Waals surface area contributed by atoms with Crippen molar-refractivity contribution in [1.82, 2.24) is 4.98 Å². The molecule has 0 radical (unpaired) electrons. The van der Waals surface area contributed by atoms with Gasteiger partial charge in [0.2, 0.25) is 0 Å². The van der Waals surface area contributed by atoms with Gasteiger partial charge in [-0.1, -0.05) is 6.07 Å². The van der Waals surface area contributed by atoms with Gasteiger partial charge in [-0.15, -0.1) is 0 Å². The number of hydrogen-bond donors (Lipinski definition) is 1. The Bertz CT molecular complexity index is 348. The maximum Gasteiger partial charge on any atom is 0.0876 e. The van der Waals surface area contributed by atoms with Crippen molar-refractivity contribution in [3.05, 3.63) is 41.9 Å². The van der Waals surface area contributed by atoms with E-state index in [0.717, 1.165) is 32.3 Å². The van der Waals surface area contributed by atoms with Crippen molar-refractivity contribution in [2.45, 2.75) is 31.7 Å². The van der Waals surface area contributed by atoms with Gasteiger partial charge in [-0.2, -0.15) is 0 Å². The molecule has 1 aliphatic rings. The zero-order valence-corrected chi connectivity index (χ0v) is 9.43. The molecule has 0 saturated heterocycles. The molecular weight excluding hydrogens is 200 g/mol. The van der Waals surface area contributed by atoms with E-state index in [-0.39, 0.29) is 6.04 Å². The number of nitrogens with two attached hydrogens (primary N) is 1. The number of hydrogen-bond acceptors (Lipinski definition) is 3. The van der Waals surface area contributed by atoms with Gasteiger partial charge in [0.15, 0.2) is 0 Å². The van der Waals surface area contributed by atoms with Crippen LogP contribution in [0.25, 0.3) is 0 Å². The minimum Gasteiger partial charge on any atom is -0.501 e.